The van der Waals surface area contributed by atoms with Crippen LogP contribution in [0.1, 0.15) is 16.7 Å². The minimum Gasteiger partial charge on any atom is -0.489 e. The summed E-state index contributed by atoms with van der Waals surface area (Å²) in [6.45, 7) is 1.55. The molecule has 3 aromatic rings. The molecule has 0 atom stereocenters. The SMILES string of the molecule is O=C(Cc1ccc2c(c1)OCCO2)N/N=C\c1cccc(OCc2ccccc2)c1. The van der Waals surface area contributed by atoms with Gasteiger partial charge in [-0.05, 0) is 41.0 Å². The van der Waals surface area contributed by atoms with Gasteiger partial charge in [0.05, 0.1) is 12.6 Å². The van der Waals surface area contributed by atoms with Crippen molar-refractivity contribution in [2.24, 2.45) is 5.10 Å². The third-order valence-corrected chi connectivity index (χ3v) is 4.48. The lowest BCUT2D eigenvalue weighted by atomic mass is 10.1. The minimum atomic E-state index is -0.209. The lowest BCUT2D eigenvalue weighted by Crippen LogP contribution is -2.20. The Labute approximate surface area is 175 Å². The molecule has 6 nitrogen and oxygen atoms in total. The lowest BCUT2D eigenvalue weighted by molar-refractivity contribution is -0.120. The second-order valence-corrected chi connectivity index (χ2v) is 6.79. The first-order chi connectivity index (χ1) is 14.8. The third-order valence-electron chi connectivity index (χ3n) is 4.48. The van der Waals surface area contributed by atoms with E-state index in [0.717, 1.165) is 22.4 Å². The molecular formula is C24H22N2O4. The fourth-order valence-corrected chi connectivity index (χ4v) is 3.03. The zero-order valence-corrected chi connectivity index (χ0v) is 16.4. The molecule has 0 aliphatic carbocycles. The Morgan fingerprint density at radius 1 is 0.933 bits per heavy atom. The van der Waals surface area contributed by atoms with Gasteiger partial charge in [-0.1, -0.05) is 48.5 Å². The second-order valence-electron chi connectivity index (χ2n) is 6.79. The van der Waals surface area contributed by atoms with E-state index < -0.39 is 0 Å². The van der Waals surface area contributed by atoms with E-state index in [1.807, 2.05) is 72.8 Å². The van der Waals surface area contributed by atoms with Crippen LogP contribution >= 0.6 is 0 Å². The van der Waals surface area contributed by atoms with Gasteiger partial charge in [-0.15, -0.1) is 0 Å². The summed E-state index contributed by atoms with van der Waals surface area (Å²) in [4.78, 5) is 12.2. The maximum atomic E-state index is 12.2. The van der Waals surface area contributed by atoms with Crippen LogP contribution in [0.4, 0.5) is 0 Å². The highest BCUT2D eigenvalue weighted by Crippen LogP contribution is 2.30. The number of carbonyl (C=O) groups excluding carboxylic acids is 1. The fourth-order valence-electron chi connectivity index (χ4n) is 3.03. The quantitative estimate of drug-likeness (QED) is 0.483. The van der Waals surface area contributed by atoms with Crippen molar-refractivity contribution in [1.29, 1.82) is 0 Å². The molecule has 0 bridgehead atoms. The van der Waals surface area contributed by atoms with Crippen LogP contribution in [0.15, 0.2) is 77.9 Å². The lowest BCUT2D eigenvalue weighted by Gasteiger charge is -2.18. The van der Waals surface area contributed by atoms with E-state index in [-0.39, 0.29) is 12.3 Å². The van der Waals surface area contributed by atoms with Gasteiger partial charge in [0.25, 0.3) is 0 Å². The number of hydrogen-bond donors (Lipinski definition) is 1. The zero-order valence-electron chi connectivity index (χ0n) is 16.4. The van der Waals surface area contributed by atoms with Crippen LogP contribution in [0, 0.1) is 0 Å². The van der Waals surface area contributed by atoms with E-state index in [0.29, 0.717) is 31.3 Å². The number of benzene rings is 3. The molecule has 1 amide bonds. The Morgan fingerprint density at radius 3 is 2.63 bits per heavy atom. The highest BCUT2D eigenvalue weighted by atomic mass is 16.6. The average molecular weight is 402 g/mol. The predicted octanol–water partition coefficient (Wildman–Crippen LogP) is 3.73. The molecule has 0 spiro atoms. The van der Waals surface area contributed by atoms with Gasteiger partial charge < -0.3 is 14.2 Å². The Hall–Kier alpha value is -3.80. The Kier molecular flexibility index (Phi) is 6.25. The summed E-state index contributed by atoms with van der Waals surface area (Å²) in [5.41, 5.74) is 5.32. The monoisotopic (exact) mass is 402 g/mol. The molecule has 1 aliphatic rings. The molecule has 152 valence electrons. The molecule has 3 aromatic carbocycles. The van der Waals surface area contributed by atoms with Crippen LogP contribution in [-0.2, 0) is 17.8 Å². The molecule has 1 aliphatic heterocycles. The van der Waals surface area contributed by atoms with Crippen molar-refractivity contribution < 1.29 is 19.0 Å². The Bertz CT molecular complexity index is 1030. The first-order valence-corrected chi connectivity index (χ1v) is 9.73. The van der Waals surface area contributed by atoms with Crippen LogP contribution in [-0.4, -0.2) is 25.3 Å². The number of hydrazone groups is 1. The summed E-state index contributed by atoms with van der Waals surface area (Å²) in [6.07, 6.45) is 1.80. The maximum Gasteiger partial charge on any atom is 0.244 e. The fraction of sp³-hybridized carbons (Fsp3) is 0.167. The van der Waals surface area contributed by atoms with Crippen LogP contribution in [0.5, 0.6) is 17.2 Å². The zero-order chi connectivity index (χ0) is 20.6. The van der Waals surface area contributed by atoms with Gasteiger partial charge >= 0.3 is 0 Å². The molecule has 1 N–H and O–H groups in total. The number of hydrogen-bond acceptors (Lipinski definition) is 5. The van der Waals surface area contributed by atoms with Gasteiger partial charge in [0, 0.05) is 0 Å². The Morgan fingerprint density at radius 2 is 1.77 bits per heavy atom. The summed E-state index contributed by atoms with van der Waals surface area (Å²) in [5, 5.41) is 4.05. The number of fused-ring (bicyclic) bond motifs is 1. The number of nitrogens with zero attached hydrogens (tertiary/aromatic N) is 1. The molecule has 30 heavy (non-hydrogen) atoms. The number of amides is 1. The molecule has 0 saturated heterocycles. The third kappa shape index (κ3) is 5.38. The topological polar surface area (TPSA) is 69.2 Å². The van der Waals surface area contributed by atoms with E-state index >= 15 is 0 Å². The van der Waals surface area contributed by atoms with Crippen LogP contribution < -0.4 is 19.6 Å². The standard InChI is InChI=1S/C24H22N2O4/c27-24(15-19-9-10-22-23(14-19)29-12-11-28-22)26-25-16-20-7-4-8-21(13-20)30-17-18-5-2-1-3-6-18/h1-10,13-14,16H,11-12,15,17H2,(H,26,27)/b25-16-. The molecule has 0 saturated carbocycles. The first kappa shape index (κ1) is 19.5. The molecular weight excluding hydrogens is 380 g/mol. The molecule has 6 heteroatoms. The largest absolute Gasteiger partial charge is 0.489 e. The van der Waals surface area contributed by atoms with Gasteiger partial charge in [-0.25, -0.2) is 5.43 Å². The van der Waals surface area contributed by atoms with Crippen molar-refractivity contribution in [3.63, 3.8) is 0 Å². The maximum absolute atomic E-state index is 12.2. The summed E-state index contributed by atoms with van der Waals surface area (Å²) in [6, 6.07) is 23.0. The molecule has 4 rings (SSSR count). The van der Waals surface area contributed by atoms with Crippen molar-refractivity contribution in [2.45, 2.75) is 13.0 Å². The highest BCUT2D eigenvalue weighted by molar-refractivity contribution is 5.83. The van der Waals surface area contributed by atoms with E-state index in [2.05, 4.69) is 10.5 Å². The van der Waals surface area contributed by atoms with Gasteiger partial charge in [-0.2, -0.15) is 5.10 Å². The normalized spacial score (nSPS) is 12.5. The van der Waals surface area contributed by atoms with Crippen molar-refractivity contribution in [3.05, 3.63) is 89.5 Å². The highest BCUT2D eigenvalue weighted by Gasteiger charge is 2.13. The van der Waals surface area contributed by atoms with Gasteiger partial charge in [-0.3, -0.25) is 4.79 Å². The summed E-state index contributed by atoms with van der Waals surface area (Å²) in [7, 11) is 0. The van der Waals surface area contributed by atoms with Crippen molar-refractivity contribution in [2.75, 3.05) is 13.2 Å². The van der Waals surface area contributed by atoms with Crippen LogP contribution in [0.25, 0.3) is 0 Å². The smallest absolute Gasteiger partial charge is 0.244 e. The van der Waals surface area contributed by atoms with Gasteiger partial charge in [0.2, 0.25) is 5.91 Å². The van der Waals surface area contributed by atoms with Crippen LogP contribution in [0.3, 0.4) is 0 Å². The second kappa shape index (κ2) is 9.60. The molecule has 0 unspecified atom stereocenters. The summed E-state index contributed by atoms with van der Waals surface area (Å²) >= 11 is 0. The minimum absolute atomic E-state index is 0.203. The van der Waals surface area contributed by atoms with Crippen molar-refractivity contribution in [1.82, 2.24) is 5.43 Å². The van der Waals surface area contributed by atoms with E-state index in [4.69, 9.17) is 14.2 Å². The molecule has 0 fully saturated rings. The first-order valence-electron chi connectivity index (χ1n) is 9.73. The number of nitrogens with one attached hydrogen (secondary N) is 1. The predicted molar refractivity (Wildman–Crippen MR) is 114 cm³/mol. The van der Waals surface area contributed by atoms with Gasteiger partial charge in [0.15, 0.2) is 11.5 Å². The summed E-state index contributed by atoms with van der Waals surface area (Å²) < 4.78 is 16.8. The number of ether oxygens (including phenoxy) is 3. The van der Waals surface area contributed by atoms with E-state index in [9.17, 15) is 4.79 Å². The number of carbonyl (C=O) groups is 1. The Balaban J connectivity index is 1.29. The molecule has 0 radical (unpaired) electrons. The van der Waals surface area contributed by atoms with Crippen molar-refractivity contribution in [3.8, 4) is 17.2 Å². The summed E-state index contributed by atoms with van der Waals surface area (Å²) in [5.74, 6) is 1.91. The van der Waals surface area contributed by atoms with Crippen molar-refractivity contribution >= 4 is 12.1 Å². The van der Waals surface area contributed by atoms with Gasteiger partial charge in [0.1, 0.15) is 25.6 Å². The number of rotatable bonds is 7. The molecule has 0 aromatic heterocycles. The van der Waals surface area contributed by atoms with Crippen LogP contribution in [0.2, 0.25) is 0 Å². The van der Waals surface area contributed by atoms with E-state index in [1.165, 1.54) is 0 Å². The van der Waals surface area contributed by atoms with E-state index in [1.54, 1.807) is 6.21 Å². The average Bonchev–Trinajstić information content (AvgIpc) is 2.79. The molecule has 1 heterocycles.